The van der Waals surface area contributed by atoms with Crippen molar-refractivity contribution in [3.63, 3.8) is 0 Å². The first kappa shape index (κ1) is 18.7. The Morgan fingerprint density at radius 3 is 2.12 bits per heavy atom. The summed E-state index contributed by atoms with van der Waals surface area (Å²) in [5.41, 5.74) is 3.23. The molecule has 0 aliphatic rings. The Hall–Kier alpha value is -2.62. The van der Waals surface area contributed by atoms with Crippen molar-refractivity contribution >= 4 is 11.9 Å². The van der Waals surface area contributed by atoms with Crippen molar-refractivity contribution in [1.29, 1.82) is 0 Å². The Morgan fingerprint density at radius 1 is 0.960 bits per heavy atom. The van der Waals surface area contributed by atoms with Crippen LogP contribution in [0.1, 0.15) is 25.8 Å². The van der Waals surface area contributed by atoms with E-state index in [1.54, 1.807) is 0 Å². The summed E-state index contributed by atoms with van der Waals surface area (Å²) in [6, 6.07) is 17.4. The zero-order chi connectivity index (χ0) is 18.2. The molecule has 2 aromatic carbocycles. The van der Waals surface area contributed by atoms with E-state index in [0.29, 0.717) is 12.8 Å². The lowest BCUT2D eigenvalue weighted by Gasteiger charge is -2.17. The lowest BCUT2D eigenvalue weighted by molar-refractivity contribution is -0.145. The van der Waals surface area contributed by atoms with Crippen LogP contribution in [0.2, 0.25) is 0 Å². The van der Waals surface area contributed by atoms with Gasteiger partial charge in [-0.25, -0.2) is 4.79 Å². The molecule has 0 saturated carbocycles. The van der Waals surface area contributed by atoms with Crippen molar-refractivity contribution in [2.75, 3.05) is 7.11 Å². The third-order valence-electron chi connectivity index (χ3n) is 3.92. The largest absolute Gasteiger partial charge is 0.467 e. The minimum atomic E-state index is -0.668. The summed E-state index contributed by atoms with van der Waals surface area (Å²) in [7, 11) is 1.34. The third kappa shape index (κ3) is 5.75. The molecule has 0 radical (unpaired) electrons. The Morgan fingerprint density at radius 2 is 1.56 bits per heavy atom. The highest BCUT2D eigenvalue weighted by atomic mass is 16.5. The average Bonchev–Trinajstić information content (AvgIpc) is 2.61. The van der Waals surface area contributed by atoms with Gasteiger partial charge in [0.15, 0.2) is 0 Å². The maximum Gasteiger partial charge on any atom is 0.328 e. The van der Waals surface area contributed by atoms with Crippen LogP contribution >= 0.6 is 0 Å². The molecule has 2 aromatic rings. The molecule has 0 aromatic heterocycles. The summed E-state index contributed by atoms with van der Waals surface area (Å²) in [5.74, 6) is -0.320. The first-order valence-corrected chi connectivity index (χ1v) is 8.51. The molecule has 4 heteroatoms. The lowest BCUT2D eigenvalue weighted by atomic mass is 10.0. The summed E-state index contributed by atoms with van der Waals surface area (Å²) in [6.45, 7) is 3.93. The van der Waals surface area contributed by atoms with Crippen molar-refractivity contribution in [3.8, 4) is 11.1 Å². The molecule has 0 aliphatic heterocycles. The summed E-state index contributed by atoms with van der Waals surface area (Å²) in [6.07, 6.45) is 0.798. The van der Waals surface area contributed by atoms with Gasteiger partial charge >= 0.3 is 5.97 Å². The molecule has 0 aliphatic carbocycles. The van der Waals surface area contributed by atoms with Gasteiger partial charge in [0.05, 0.1) is 7.11 Å². The van der Waals surface area contributed by atoms with Crippen LogP contribution in [0.25, 0.3) is 11.1 Å². The second-order valence-corrected chi connectivity index (χ2v) is 6.51. The molecule has 4 nitrogen and oxygen atoms in total. The molecule has 0 unspecified atom stereocenters. The number of esters is 1. The van der Waals surface area contributed by atoms with Gasteiger partial charge in [-0.15, -0.1) is 0 Å². The van der Waals surface area contributed by atoms with Crippen molar-refractivity contribution < 1.29 is 14.3 Å². The van der Waals surface area contributed by atoms with Gasteiger partial charge in [-0.2, -0.15) is 0 Å². The van der Waals surface area contributed by atoms with Gasteiger partial charge in [0, 0.05) is 12.8 Å². The molecule has 25 heavy (non-hydrogen) atoms. The molecule has 1 amide bonds. The zero-order valence-corrected chi connectivity index (χ0v) is 15.0. The molecule has 0 fully saturated rings. The fourth-order valence-corrected chi connectivity index (χ4v) is 2.66. The highest BCUT2D eigenvalue weighted by molar-refractivity contribution is 5.84. The summed E-state index contributed by atoms with van der Waals surface area (Å²) < 4.78 is 4.83. The van der Waals surface area contributed by atoms with Gasteiger partial charge < -0.3 is 10.1 Å². The number of carbonyl (C=O) groups is 2. The number of methoxy groups -OCH3 is 1. The van der Waals surface area contributed by atoms with Crippen LogP contribution in [0.15, 0.2) is 54.6 Å². The van der Waals surface area contributed by atoms with Crippen molar-refractivity contribution in [2.45, 2.75) is 32.7 Å². The smallest absolute Gasteiger partial charge is 0.328 e. The second kappa shape index (κ2) is 9.02. The van der Waals surface area contributed by atoms with E-state index in [2.05, 4.69) is 17.4 Å². The molecule has 1 N–H and O–H groups in total. The maximum atomic E-state index is 12.0. The summed E-state index contributed by atoms with van der Waals surface area (Å²) >= 11 is 0. The number of amides is 1. The quantitative estimate of drug-likeness (QED) is 0.784. The van der Waals surface area contributed by atoms with E-state index in [1.807, 2.05) is 56.3 Å². The van der Waals surface area contributed by atoms with Crippen LogP contribution in [0.5, 0.6) is 0 Å². The number of ether oxygens (including phenoxy) is 1. The van der Waals surface area contributed by atoms with Crippen LogP contribution in [0, 0.1) is 5.92 Å². The van der Waals surface area contributed by atoms with E-state index in [9.17, 15) is 9.59 Å². The second-order valence-electron chi connectivity index (χ2n) is 6.51. The SMILES string of the molecule is COC(=O)[C@H](Cc1ccc(-c2ccccc2)cc1)NC(=O)CC(C)C. The number of rotatable bonds is 7. The van der Waals surface area contributed by atoms with Gasteiger partial charge in [0.1, 0.15) is 6.04 Å². The van der Waals surface area contributed by atoms with E-state index in [0.717, 1.165) is 16.7 Å². The molecule has 0 bridgehead atoms. The first-order chi connectivity index (χ1) is 12.0. The van der Waals surface area contributed by atoms with Crippen molar-refractivity contribution in [2.24, 2.45) is 5.92 Å². The van der Waals surface area contributed by atoms with Crippen LogP contribution in [-0.2, 0) is 20.7 Å². The molecule has 1 atom stereocenters. The Balaban J connectivity index is 2.07. The Bertz CT molecular complexity index is 693. The van der Waals surface area contributed by atoms with Crippen molar-refractivity contribution in [1.82, 2.24) is 5.32 Å². The minimum Gasteiger partial charge on any atom is -0.467 e. The number of benzene rings is 2. The van der Waals surface area contributed by atoms with Gasteiger partial charge in [0.25, 0.3) is 0 Å². The number of hydrogen-bond donors (Lipinski definition) is 1. The van der Waals surface area contributed by atoms with Gasteiger partial charge in [-0.3, -0.25) is 4.79 Å². The highest BCUT2D eigenvalue weighted by Crippen LogP contribution is 2.19. The van der Waals surface area contributed by atoms with Crippen LogP contribution in [0.3, 0.4) is 0 Å². The molecule has 0 saturated heterocycles. The van der Waals surface area contributed by atoms with E-state index < -0.39 is 12.0 Å². The predicted molar refractivity (Wildman–Crippen MR) is 99.0 cm³/mol. The van der Waals surface area contributed by atoms with Gasteiger partial charge in [-0.1, -0.05) is 68.4 Å². The molecule has 2 rings (SSSR count). The van der Waals surface area contributed by atoms with Crippen LogP contribution in [-0.4, -0.2) is 25.0 Å². The predicted octanol–water partition coefficient (Wildman–Crippen LogP) is 3.60. The van der Waals surface area contributed by atoms with E-state index >= 15 is 0 Å². The summed E-state index contributed by atoms with van der Waals surface area (Å²) in [4.78, 5) is 24.0. The standard InChI is InChI=1S/C21H25NO3/c1-15(2)13-20(23)22-19(21(24)25-3)14-16-9-11-18(12-10-16)17-7-5-4-6-8-17/h4-12,15,19H,13-14H2,1-3H3,(H,22,23)/t19-/m0/s1. The van der Waals surface area contributed by atoms with E-state index in [1.165, 1.54) is 7.11 Å². The van der Waals surface area contributed by atoms with Gasteiger partial charge in [0.2, 0.25) is 5.91 Å². The van der Waals surface area contributed by atoms with Crippen molar-refractivity contribution in [3.05, 3.63) is 60.2 Å². The zero-order valence-electron chi connectivity index (χ0n) is 15.0. The number of carbonyl (C=O) groups excluding carboxylic acids is 2. The van der Waals surface area contributed by atoms with Crippen LogP contribution in [0.4, 0.5) is 0 Å². The third-order valence-corrected chi connectivity index (χ3v) is 3.92. The first-order valence-electron chi connectivity index (χ1n) is 8.51. The molecule has 0 heterocycles. The number of nitrogens with one attached hydrogen (secondary N) is 1. The topological polar surface area (TPSA) is 55.4 Å². The maximum absolute atomic E-state index is 12.0. The molecule has 0 spiro atoms. The van der Waals surface area contributed by atoms with E-state index in [-0.39, 0.29) is 11.8 Å². The number of hydrogen-bond acceptors (Lipinski definition) is 3. The summed E-state index contributed by atoms with van der Waals surface area (Å²) in [5, 5.41) is 2.78. The monoisotopic (exact) mass is 339 g/mol. The Labute approximate surface area is 149 Å². The average molecular weight is 339 g/mol. The van der Waals surface area contributed by atoms with Crippen LogP contribution < -0.4 is 5.32 Å². The molecular formula is C21H25NO3. The lowest BCUT2D eigenvalue weighted by Crippen LogP contribution is -2.43. The fourth-order valence-electron chi connectivity index (χ4n) is 2.66. The minimum absolute atomic E-state index is 0.133. The molecule has 132 valence electrons. The highest BCUT2D eigenvalue weighted by Gasteiger charge is 2.22. The van der Waals surface area contributed by atoms with Gasteiger partial charge in [-0.05, 0) is 22.6 Å². The fraction of sp³-hybridized carbons (Fsp3) is 0.333. The molecular weight excluding hydrogens is 314 g/mol. The van der Waals surface area contributed by atoms with E-state index in [4.69, 9.17) is 4.74 Å². The normalized spacial score (nSPS) is 11.8. The Kier molecular flexibility index (Phi) is 6.75.